The molecule has 2 N–H and O–H groups in total. The van der Waals surface area contributed by atoms with Crippen molar-refractivity contribution in [3.63, 3.8) is 0 Å². The first-order valence-electron chi connectivity index (χ1n) is 10.0. The van der Waals surface area contributed by atoms with E-state index in [0.717, 1.165) is 10.1 Å². The van der Waals surface area contributed by atoms with E-state index in [-0.39, 0.29) is 11.5 Å². The third-order valence-corrected chi connectivity index (χ3v) is 6.22. The van der Waals surface area contributed by atoms with Crippen molar-refractivity contribution in [2.45, 2.75) is 12.6 Å². The Morgan fingerprint density at radius 2 is 1.75 bits per heavy atom. The average molecular weight is 454 g/mol. The van der Waals surface area contributed by atoms with Gasteiger partial charge in [-0.3, -0.25) is 13.9 Å². The largest absolute Gasteiger partial charge is 0.508 e. The van der Waals surface area contributed by atoms with Crippen molar-refractivity contribution < 1.29 is 14.9 Å². The molecule has 164 valence electrons. The summed E-state index contributed by atoms with van der Waals surface area (Å²) in [4.78, 5) is 26.1. The van der Waals surface area contributed by atoms with Crippen LogP contribution in [0.4, 0.5) is 0 Å². The lowest BCUT2D eigenvalue weighted by Crippen LogP contribution is -2.37. The van der Waals surface area contributed by atoms with Crippen LogP contribution < -0.4 is 11.2 Å². The first-order chi connectivity index (χ1) is 15.3. The number of aromatic hydroxyl groups is 2. The summed E-state index contributed by atoms with van der Waals surface area (Å²) in [6.07, 6.45) is -0.745. The predicted molar refractivity (Wildman–Crippen MR) is 120 cm³/mol. The Morgan fingerprint density at radius 1 is 1.03 bits per heavy atom. The Balaban J connectivity index is 1.94. The number of hydrogen-bond acceptors (Lipinski definition) is 5. The average Bonchev–Trinajstić information content (AvgIpc) is 3.12. The van der Waals surface area contributed by atoms with Crippen LogP contribution in [0.15, 0.2) is 52.1 Å². The number of aromatic nitrogens is 3. The second-order valence-electron chi connectivity index (χ2n) is 7.82. The van der Waals surface area contributed by atoms with Gasteiger partial charge in [0.05, 0.1) is 28.9 Å². The summed E-state index contributed by atoms with van der Waals surface area (Å²) in [5.41, 5.74) is 2.03. The molecule has 5 rings (SSSR count). The zero-order valence-electron chi connectivity index (χ0n) is 17.4. The van der Waals surface area contributed by atoms with Crippen molar-refractivity contribution >= 4 is 22.5 Å². The van der Waals surface area contributed by atoms with Gasteiger partial charge in [-0.1, -0.05) is 23.7 Å². The molecule has 0 fully saturated rings. The molecule has 0 radical (unpaired) electrons. The number of ether oxygens (including phenoxy) is 1. The Morgan fingerprint density at radius 3 is 2.44 bits per heavy atom. The maximum absolute atomic E-state index is 13.3. The van der Waals surface area contributed by atoms with Crippen molar-refractivity contribution in [1.29, 1.82) is 0 Å². The third kappa shape index (κ3) is 2.87. The Bertz CT molecular complexity index is 1500. The van der Waals surface area contributed by atoms with E-state index in [0.29, 0.717) is 46.0 Å². The van der Waals surface area contributed by atoms with Crippen molar-refractivity contribution in [2.24, 2.45) is 14.1 Å². The predicted octanol–water partition coefficient (Wildman–Crippen LogP) is 2.89. The van der Waals surface area contributed by atoms with Crippen LogP contribution in [0.2, 0.25) is 5.02 Å². The number of nitrogens with zero attached hydrogens (tertiary/aromatic N) is 3. The lowest BCUT2D eigenvalue weighted by Gasteiger charge is -2.28. The van der Waals surface area contributed by atoms with Gasteiger partial charge >= 0.3 is 5.69 Å². The van der Waals surface area contributed by atoms with Crippen LogP contribution in [0.25, 0.3) is 22.2 Å². The number of phenols is 2. The molecule has 32 heavy (non-hydrogen) atoms. The molecule has 0 bridgehead atoms. The van der Waals surface area contributed by atoms with Crippen LogP contribution in [-0.4, -0.2) is 30.5 Å². The number of phenolic OH excluding ortho intramolecular Hbond substituents is 2. The van der Waals surface area contributed by atoms with Gasteiger partial charge in [0.25, 0.3) is 5.56 Å². The third-order valence-electron chi connectivity index (χ3n) is 5.97. The first-order valence-corrected chi connectivity index (χ1v) is 10.4. The maximum Gasteiger partial charge on any atom is 0.331 e. The van der Waals surface area contributed by atoms with Gasteiger partial charge in [0.15, 0.2) is 0 Å². The molecular formula is C23H20ClN3O5. The van der Waals surface area contributed by atoms with E-state index in [4.69, 9.17) is 16.3 Å². The van der Waals surface area contributed by atoms with E-state index in [9.17, 15) is 19.8 Å². The lowest BCUT2D eigenvalue weighted by molar-refractivity contribution is 0.0464. The molecule has 0 saturated carbocycles. The highest BCUT2D eigenvalue weighted by atomic mass is 35.5. The molecule has 0 saturated heterocycles. The number of rotatable bonds is 2. The molecule has 8 nitrogen and oxygen atoms in total. The van der Waals surface area contributed by atoms with Gasteiger partial charge in [0.1, 0.15) is 17.6 Å². The molecule has 3 heterocycles. The van der Waals surface area contributed by atoms with Gasteiger partial charge in [-0.05, 0) is 29.8 Å². The summed E-state index contributed by atoms with van der Waals surface area (Å²) in [7, 11) is 3.06. The Labute approximate surface area is 187 Å². The fourth-order valence-electron chi connectivity index (χ4n) is 4.48. The zero-order chi connectivity index (χ0) is 22.7. The highest BCUT2D eigenvalue weighted by molar-refractivity contribution is 6.30. The molecule has 0 spiro atoms. The van der Waals surface area contributed by atoms with Gasteiger partial charge < -0.3 is 19.5 Å². The lowest BCUT2D eigenvalue weighted by atomic mass is 10.0. The summed E-state index contributed by atoms with van der Waals surface area (Å²) < 4.78 is 10.5. The van der Waals surface area contributed by atoms with Gasteiger partial charge in [-0.2, -0.15) is 0 Å². The van der Waals surface area contributed by atoms with Gasteiger partial charge in [-0.25, -0.2) is 4.79 Å². The van der Waals surface area contributed by atoms with Gasteiger partial charge in [-0.15, -0.1) is 0 Å². The number of benzene rings is 2. The molecule has 0 aliphatic carbocycles. The fraction of sp³-hybridized carbons (Fsp3) is 0.217. The molecule has 4 aromatic rings. The summed E-state index contributed by atoms with van der Waals surface area (Å²) in [6, 6.07) is 11.4. The highest BCUT2D eigenvalue weighted by Gasteiger charge is 2.34. The summed E-state index contributed by atoms with van der Waals surface area (Å²) in [5.74, 6) is -0.218. The number of halogens is 1. The molecule has 2 aromatic carbocycles. The monoisotopic (exact) mass is 453 g/mol. The van der Waals surface area contributed by atoms with Gasteiger partial charge in [0.2, 0.25) is 0 Å². The molecule has 2 aromatic heterocycles. The topological polar surface area (TPSA) is 98.6 Å². The van der Waals surface area contributed by atoms with E-state index < -0.39 is 17.4 Å². The molecule has 1 aliphatic rings. The standard InChI is InChI=1S/C23H20ClN3O5/c1-25-19-17(22(30)26(2)23(25)31)18(12-3-5-13(24)6-4-12)27-9-10-32-21(20(19)27)15-8-7-14(28)11-16(15)29/h3-8,11,21,28-29H,9-10H2,1-2H3/t21-/m1/s1. The van der Waals surface area contributed by atoms with Crippen molar-refractivity contribution in [2.75, 3.05) is 6.61 Å². The Hall–Kier alpha value is -3.49. The highest BCUT2D eigenvalue weighted by Crippen LogP contribution is 2.43. The second-order valence-corrected chi connectivity index (χ2v) is 8.25. The van der Waals surface area contributed by atoms with Gasteiger partial charge in [0, 0.05) is 37.3 Å². The summed E-state index contributed by atoms with van der Waals surface area (Å²) >= 11 is 6.08. The summed E-state index contributed by atoms with van der Waals surface area (Å²) in [6.45, 7) is 0.780. The molecule has 1 aliphatic heterocycles. The normalized spacial score (nSPS) is 15.8. The van der Waals surface area contributed by atoms with Crippen LogP contribution >= 0.6 is 11.6 Å². The van der Waals surface area contributed by atoms with Crippen LogP contribution in [-0.2, 0) is 25.4 Å². The maximum atomic E-state index is 13.3. The van der Waals surface area contributed by atoms with Crippen molar-refractivity contribution in [3.05, 3.63) is 79.6 Å². The second kappa shape index (κ2) is 7.29. The SMILES string of the molecule is Cn1c(=O)c2c(-c3ccc(Cl)cc3)n3c(c2n(C)c1=O)[C@@H](c1ccc(O)cc1O)OCC3. The van der Waals surface area contributed by atoms with E-state index in [2.05, 4.69) is 0 Å². The summed E-state index contributed by atoms with van der Waals surface area (Å²) in [5, 5.41) is 21.2. The zero-order valence-corrected chi connectivity index (χ0v) is 18.1. The van der Waals surface area contributed by atoms with E-state index in [1.165, 1.54) is 23.7 Å². The number of fused-ring (bicyclic) bond motifs is 3. The smallest absolute Gasteiger partial charge is 0.331 e. The van der Waals surface area contributed by atoms with E-state index in [1.54, 1.807) is 25.2 Å². The van der Waals surface area contributed by atoms with Crippen molar-refractivity contribution in [1.82, 2.24) is 13.7 Å². The Kier molecular flexibility index (Phi) is 4.65. The molecule has 1 atom stereocenters. The van der Waals surface area contributed by atoms with Crippen LogP contribution in [0.3, 0.4) is 0 Å². The minimum Gasteiger partial charge on any atom is -0.508 e. The van der Waals surface area contributed by atoms with Crippen molar-refractivity contribution in [3.8, 4) is 22.8 Å². The number of hydrogen-bond donors (Lipinski definition) is 2. The quantitative estimate of drug-likeness (QED) is 0.486. The first kappa shape index (κ1) is 20.4. The van der Waals surface area contributed by atoms with Crippen LogP contribution in [0, 0.1) is 0 Å². The molecule has 0 unspecified atom stereocenters. The van der Waals surface area contributed by atoms with E-state index in [1.807, 2.05) is 16.7 Å². The van der Waals surface area contributed by atoms with Crippen LogP contribution in [0.1, 0.15) is 17.4 Å². The fourth-order valence-corrected chi connectivity index (χ4v) is 4.60. The molecule has 9 heteroatoms. The van der Waals surface area contributed by atoms with Crippen LogP contribution in [0.5, 0.6) is 11.5 Å². The minimum absolute atomic E-state index is 0.0783. The molecular weight excluding hydrogens is 434 g/mol. The molecule has 0 amide bonds. The number of aryl methyl sites for hydroxylation is 1. The minimum atomic E-state index is -0.745. The van der Waals surface area contributed by atoms with E-state index >= 15 is 0 Å².